The summed E-state index contributed by atoms with van der Waals surface area (Å²) in [6.07, 6.45) is 5.63. The van der Waals surface area contributed by atoms with Gasteiger partial charge in [0.1, 0.15) is 5.82 Å². The van der Waals surface area contributed by atoms with E-state index in [0.717, 1.165) is 12.1 Å². The highest BCUT2D eigenvalue weighted by atomic mass is 19.1. The normalized spacial score (nSPS) is 28.8. The third-order valence-corrected chi connectivity index (χ3v) is 4.28. The molecule has 3 aliphatic heterocycles. The molecule has 2 bridgehead atoms. The molecule has 0 unspecified atom stereocenters. The van der Waals surface area contributed by atoms with Gasteiger partial charge in [-0.3, -0.25) is 4.79 Å². The highest BCUT2D eigenvalue weighted by Crippen LogP contribution is 2.27. The second-order valence-corrected chi connectivity index (χ2v) is 5.64. The Kier molecular flexibility index (Phi) is 3.83. The Balaban J connectivity index is 1.55. The molecule has 20 heavy (non-hydrogen) atoms. The van der Waals surface area contributed by atoms with Crippen molar-refractivity contribution in [2.75, 3.05) is 19.6 Å². The fourth-order valence-electron chi connectivity index (χ4n) is 3.11. The van der Waals surface area contributed by atoms with Gasteiger partial charge in [-0.2, -0.15) is 0 Å². The Bertz CT molecular complexity index is 504. The number of piperidine rings is 3. The van der Waals surface area contributed by atoms with Crippen molar-refractivity contribution in [3.8, 4) is 0 Å². The zero-order valence-electron chi connectivity index (χ0n) is 11.4. The molecule has 1 atom stereocenters. The summed E-state index contributed by atoms with van der Waals surface area (Å²) < 4.78 is 12.8. The van der Waals surface area contributed by atoms with Crippen LogP contribution in [-0.2, 0) is 4.79 Å². The Morgan fingerprint density at radius 2 is 1.95 bits per heavy atom. The molecule has 106 valence electrons. The third-order valence-electron chi connectivity index (χ3n) is 4.28. The molecule has 0 aromatic heterocycles. The van der Waals surface area contributed by atoms with Crippen molar-refractivity contribution >= 4 is 12.0 Å². The van der Waals surface area contributed by atoms with E-state index in [1.165, 1.54) is 44.1 Å². The number of carbonyl (C=O) groups is 1. The van der Waals surface area contributed by atoms with Crippen LogP contribution in [0.15, 0.2) is 30.3 Å². The van der Waals surface area contributed by atoms with Gasteiger partial charge in [0.05, 0.1) is 0 Å². The van der Waals surface area contributed by atoms with Crippen molar-refractivity contribution in [3.05, 3.63) is 41.7 Å². The highest BCUT2D eigenvalue weighted by Gasteiger charge is 2.34. The SMILES string of the molecule is O=C(/C=C/c1ccc(F)cc1)N[C@H]1CN2CCC1CC2. The molecule has 1 aromatic carbocycles. The molecular weight excluding hydrogens is 255 g/mol. The average molecular weight is 274 g/mol. The first-order valence-electron chi connectivity index (χ1n) is 7.17. The number of benzene rings is 1. The lowest BCUT2D eigenvalue weighted by Crippen LogP contribution is -2.57. The molecule has 4 heteroatoms. The van der Waals surface area contributed by atoms with Crippen molar-refractivity contribution in [2.45, 2.75) is 18.9 Å². The summed E-state index contributed by atoms with van der Waals surface area (Å²) in [4.78, 5) is 14.3. The van der Waals surface area contributed by atoms with E-state index in [1.807, 2.05) is 0 Å². The molecular formula is C16H19FN2O. The first kappa shape index (κ1) is 13.3. The zero-order chi connectivity index (χ0) is 13.9. The molecule has 1 aromatic rings. The minimum Gasteiger partial charge on any atom is -0.348 e. The molecule has 3 heterocycles. The number of carbonyl (C=O) groups excluding carboxylic acids is 1. The van der Waals surface area contributed by atoms with Gasteiger partial charge in [-0.05, 0) is 55.6 Å². The van der Waals surface area contributed by atoms with Crippen molar-refractivity contribution in [2.24, 2.45) is 5.92 Å². The van der Waals surface area contributed by atoms with E-state index in [0.29, 0.717) is 5.92 Å². The van der Waals surface area contributed by atoms with Crippen molar-refractivity contribution in [1.29, 1.82) is 0 Å². The number of amides is 1. The second-order valence-electron chi connectivity index (χ2n) is 5.64. The van der Waals surface area contributed by atoms with Crippen molar-refractivity contribution < 1.29 is 9.18 Å². The van der Waals surface area contributed by atoms with E-state index in [-0.39, 0.29) is 17.8 Å². The molecule has 1 N–H and O–H groups in total. The topological polar surface area (TPSA) is 32.3 Å². The molecule has 0 saturated carbocycles. The Hall–Kier alpha value is -1.68. The number of halogens is 1. The minimum atomic E-state index is -0.265. The predicted octanol–water partition coefficient (Wildman–Crippen LogP) is 2.05. The quantitative estimate of drug-likeness (QED) is 0.856. The maximum atomic E-state index is 12.8. The molecule has 3 nitrogen and oxygen atoms in total. The summed E-state index contributed by atoms with van der Waals surface area (Å²) in [5.74, 6) is 0.301. The monoisotopic (exact) mass is 274 g/mol. The van der Waals surface area contributed by atoms with E-state index in [4.69, 9.17) is 0 Å². The van der Waals surface area contributed by atoms with Crippen LogP contribution in [0.1, 0.15) is 18.4 Å². The summed E-state index contributed by atoms with van der Waals surface area (Å²) in [5, 5.41) is 3.09. The van der Waals surface area contributed by atoms with Crippen LogP contribution in [0.25, 0.3) is 6.08 Å². The van der Waals surface area contributed by atoms with E-state index < -0.39 is 0 Å². The Morgan fingerprint density at radius 3 is 2.55 bits per heavy atom. The number of nitrogens with zero attached hydrogens (tertiary/aromatic N) is 1. The van der Waals surface area contributed by atoms with Crippen LogP contribution in [0.4, 0.5) is 4.39 Å². The number of rotatable bonds is 3. The molecule has 3 aliphatic rings. The summed E-state index contributed by atoms with van der Waals surface area (Å²) in [5.41, 5.74) is 0.829. The van der Waals surface area contributed by atoms with Crippen LogP contribution < -0.4 is 5.32 Å². The average Bonchev–Trinajstić information content (AvgIpc) is 2.48. The standard InChI is InChI=1S/C16H19FN2O/c17-14-4-1-12(2-5-14)3-6-16(20)18-15-11-19-9-7-13(15)8-10-19/h1-6,13,15H,7-11H2,(H,18,20)/b6-3+/t15-/m0/s1. The molecule has 3 fully saturated rings. The first-order chi connectivity index (χ1) is 9.70. The summed E-state index contributed by atoms with van der Waals surface area (Å²) in [6, 6.07) is 6.39. The lowest BCUT2D eigenvalue weighted by atomic mass is 9.84. The number of nitrogens with one attached hydrogen (secondary N) is 1. The van der Waals surface area contributed by atoms with Gasteiger partial charge < -0.3 is 10.2 Å². The van der Waals surface area contributed by atoms with Crippen LogP contribution in [-0.4, -0.2) is 36.5 Å². The molecule has 0 spiro atoms. The molecule has 1 amide bonds. The largest absolute Gasteiger partial charge is 0.348 e. The van der Waals surface area contributed by atoms with E-state index >= 15 is 0 Å². The first-order valence-corrected chi connectivity index (χ1v) is 7.17. The molecule has 3 saturated heterocycles. The van der Waals surface area contributed by atoms with Gasteiger partial charge in [-0.15, -0.1) is 0 Å². The summed E-state index contributed by atoms with van der Waals surface area (Å²) >= 11 is 0. The second kappa shape index (κ2) is 5.75. The van der Waals surface area contributed by atoms with E-state index in [9.17, 15) is 9.18 Å². The Morgan fingerprint density at radius 1 is 1.25 bits per heavy atom. The highest BCUT2D eigenvalue weighted by molar-refractivity contribution is 5.91. The molecule has 0 radical (unpaired) electrons. The maximum absolute atomic E-state index is 12.8. The summed E-state index contributed by atoms with van der Waals surface area (Å²) in [6.45, 7) is 3.31. The number of hydrogen-bond acceptors (Lipinski definition) is 2. The van der Waals surface area contributed by atoms with E-state index in [2.05, 4.69) is 10.2 Å². The fraction of sp³-hybridized carbons (Fsp3) is 0.438. The van der Waals surface area contributed by atoms with Gasteiger partial charge in [-0.1, -0.05) is 12.1 Å². The fourth-order valence-corrected chi connectivity index (χ4v) is 3.11. The smallest absolute Gasteiger partial charge is 0.244 e. The van der Waals surface area contributed by atoms with Gasteiger partial charge in [0.15, 0.2) is 0 Å². The van der Waals surface area contributed by atoms with Gasteiger partial charge in [0.25, 0.3) is 0 Å². The van der Waals surface area contributed by atoms with Crippen LogP contribution in [0.5, 0.6) is 0 Å². The van der Waals surface area contributed by atoms with Crippen LogP contribution in [0, 0.1) is 11.7 Å². The maximum Gasteiger partial charge on any atom is 0.244 e. The lowest BCUT2D eigenvalue weighted by molar-refractivity contribution is -0.118. The summed E-state index contributed by atoms with van der Waals surface area (Å²) in [7, 11) is 0. The number of fused-ring (bicyclic) bond motifs is 3. The minimum absolute atomic E-state index is 0.0620. The van der Waals surface area contributed by atoms with E-state index in [1.54, 1.807) is 18.2 Å². The van der Waals surface area contributed by atoms with Crippen LogP contribution in [0.3, 0.4) is 0 Å². The van der Waals surface area contributed by atoms with Gasteiger partial charge in [-0.25, -0.2) is 4.39 Å². The lowest BCUT2D eigenvalue weighted by Gasteiger charge is -2.44. The van der Waals surface area contributed by atoms with Gasteiger partial charge >= 0.3 is 0 Å². The predicted molar refractivity (Wildman–Crippen MR) is 76.5 cm³/mol. The Labute approximate surface area is 118 Å². The van der Waals surface area contributed by atoms with Crippen LogP contribution in [0.2, 0.25) is 0 Å². The van der Waals surface area contributed by atoms with Crippen LogP contribution >= 0.6 is 0 Å². The number of hydrogen-bond donors (Lipinski definition) is 1. The zero-order valence-corrected chi connectivity index (χ0v) is 11.4. The van der Waals surface area contributed by atoms with Crippen molar-refractivity contribution in [1.82, 2.24) is 10.2 Å². The molecule has 4 rings (SSSR count). The molecule has 0 aliphatic carbocycles. The van der Waals surface area contributed by atoms with Gasteiger partial charge in [0, 0.05) is 18.7 Å². The third kappa shape index (κ3) is 3.07. The van der Waals surface area contributed by atoms with Gasteiger partial charge in [0.2, 0.25) is 5.91 Å². The van der Waals surface area contributed by atoms with Crippen molar-refractivity contribution in [3.63, 3.8) is 0 Å².